The minimum absolute atomic E-state index is 0.0632. The fourth-order valence-electron chi connectivity index (χ4n) is 4.50. The molecule has 226 valence electrons. The summed E-state index contributed by atoms with van der Waals surface area (Å²) < 4.78 is 85.0. The Kier molecular flexibility index (Phi) is 12.3. The summed E-state index contributed by atoms with van der Waals surface area (Å²) in [6.07, 6.45) is -7.88. The number of methoxy groups -OCH3 is 1. The van der Waals surface area contributed by atoms with E-state index in [1.807, 2.05) is 58.0 Å². The number of benzene rings is 2. The first-order chi connectivity index (χ1) is 19.5. The standard InChI is InChI=1S/C26H25F6N3O2.2C2H6/c1-37-24(36)35(15-17-11-20(25(27,28)29)14-21(12-17)26(30,31)32)16-19-13-18-7-3-4-8-22(18)33-23(19)34-9-5-2-6-10-34;2*1-2/h3-4,7-8,11-14H,2,5-6,9-10,15-16H2,1H3;2*1-2H3. The lowest BCUT2D eigenvalue weighted by molar-refractivity contribution is -0.143. The molecule has 0 radical (unpaired) electrons. The summed E-state index contributed by atoms with van der Waals surface area (Å²) in [5, 5.41) is 0.793. The highest BCUT2D eigenvalue weighted by atomic mass is 19.4. The highest BCUT2D eigenvalue weighted by Gasteiger charge is 2.37. The molecule has 0 bridgehead atoms. The van der Waals surface area contributed by atoms with Crippen LogP contribution in [0.15, 0.2) is 48.5 Å². The fourth-order valence-corrected chi connectivity index (χ4v) is 4.50. The molecule has 1 aromatic heterocycles. The lowest BCUT2D eigenvalue weighted by Gasteiger charge is -2.31. The number of hydrogen-bond acceptors (Lipinski definition) is 4. The summed E-state index contributed by atoms with van der Waals surface area (Å²) in [5.74, 6) is 0.632. The summed E-state index contributed by atoms with van der Waals surface area (Å²) in [7, 11) is 1.10. The van der Waals surface area contributed by atoms with Crippen LogP contribution < -0.4 is 4.90 Å². The molecule has 3 aromatic rings. The van der Waals surface area contributed by atoms with E-state index in [1.54, 1.807) is 0 Å². The molecule has 5 nitrogen and oxygen atoms in total. The second-order valence-electron chi connectivity index (χ2n) is 8.95. The van der Waals surface area contributed by atoms with E-state index in [4.69, 9.17) is 9.72 Å². The minimum atomic E-state index is -4.99. The maximum atomic E-state index is 13.4. The van der Waals surface area contributed by atoms with E-state index in [1.165, 1.54) is 0 Å². The second-order valence-corrected chi connectivity index (χ2v) is 8.95. The van der Waals surface area contributed by atoms with Gasteiger partial charge in [0.2, 0.25) is 0 Å². The summed E-state index contributed by atoms with van der Waals surface area (Å²) >= 11 is 0. The number of rotatable bonds is 5. The molecule has 0 saturated carbocycles. The molecule has 0 atom stereocenters. The van der Waals surface area contributed by atoms with Crippen molar-refractivity contribution in [1.82, 2.24) is 9.88 Å². The molecule has 1 aliphatic heterocycles. The van der Waals surface area contributed by atoms with Gasteiger partial charge in [-0.1, -0.05) is 45.9 Å². The van der Waals surface area contributed by atoms with Crippen LogP contribution in [-0.2, 0) is 30.2 Å². The van der Waals surface area contributed by atoms with Crippen LogP contribution in [0.3, 0.4) is 0 Å². The molecule has 41 heavy (non-hydrogen) atoms. The summed E-state index contributed by atoms with van der Waals surface area (Å²) in [6.45, 7) is 8.86. The zero-order valence-corrected chi connectivity index (χ0v) is 24.0. The van der Waals surface area contributed by atoms with Crippen LogP contribution in [0.5, 0.6) is 0 Å². The van der Waals surface area contributed by atoms with Gasteiger partial charge >= 0.3 is 18.4 Å². The Balaban J connectivity index is 0.00000141. The molecule has 0 spiro atoms. The van der Waals surface area contributed by atoms with Crippen LogP contribution in [0.4, 0.5) is 37.0 Å². The molecule has 1 aliphatic rings. The zero-order valence-electron chi connectivity index (χ0n) is 24.0. The molecule has 0 unspecified atom stereocenters. The van der Waals surface area contributed by atoms with Gasteiger partial charge in [-0.15, -0.1) is 0 Å². The molecule has 1 amide bonds. The van der Waals surface area contributed by atoms with Crippen molar-refractivity contribution in [2.24, 2.45) is 0 Å². The van der Waals surface area contributed by atoms with Gasteiger partial charge in [-0.05, 0) is 55.2 Å². The highest BCUT2D eigenvalue weighted by molar-refractivity contribution is 5.82. The SMILES string of the molecule is CC.CC.COC(=O)N(Cc1cc(C(F)(F)F)cc(C(F)(F)F)c1)Cc1cc2ccccc2nc1N1CCCCC1. The topological polar surface area (TPSA) is 45.7 Å². The third-order valence-corrected chi connectivity index (χ3v) is 6.25. The van der Waals surface area contributed by atoms with Crippen LogP contribution in [0.25, 0.3) is 10.9 Å². The van der Waals surface area contributed by atoms with Crippen molar-refractivity contribution in [2.75, 3.05) is 25.1 Å². The predicted octanol–water partition coefficient (Wildman–Crippen LogP) is 9.08. The zero-order chi connectivity index (χ0) is 30.8. The number of aromatic nitrogens is 1. The van der Waals surface area contributed by atoms with Gasteiger partial charge in [-0.3, -0.25) is 4.90 Å². The highest BCUT2D eigenvalue weighted by Crippen LogP contribution is 2.37. The van der Waals surface area contributed by atoms with E-state index in [-0.39, 0.29) is 18.2 Å². The average Bonchev–Trinajstić information content (AvgIpc) is 2.97. The van der Waals surface area contributed by atoms with E-state index in [9.17, 15) is 31.1 Å². The smallest absolute Gasteiger partial charge is 0.416 e. The lowest BCUT2D eigenvalue weighted by atomic mass is 10.0. The van der Waals surface area contributed by atoms with Crippen LogP contribution in [-0.4, -0.2) is 36.2 Å². The van der Waals surface area contributed by atoms with Crippen molar-refractivity contribution in [2.45, 2.75) is 72.4 Å². The van der Waals surface area contributed by atoms with E-state index in [0.29, 0.717) is 23.5 Å². The number of anilines is 1. The number of carbonyl (C=O) groups is 1. The number of hydrogen-bond donors (Lipinski definition) is 0. The molecule has 0 N–H and O–H groups in total. The fraction of sp³-hybridized carbons (Fsp3) is 0.467. The van der Waals surface area contributed by atoms with Crippen molar-refractivity contribution in [3.63, 3.8) is 0 Å². The number of nitrogens with zero attached hydrogens (tertiary/aromatic N) is 3. The van der Waals surface area contributed by atoms with E-state index in [2.05, 4.69) is 4.90 Å². The first kappa shape index (κ1) is 33.7. The normalized spacial score (nSPS) is 13.5. The number of piperidine rings is 1. The van der Waals surface area contributed by atoms with Crippen molar-refractivity contribution >= 4 is 22.8 Å². The Bertz CT molecular complexity index is 1240. The van der Waals surface area contributed by atoms with Crippen LogP contribution in [0.1, 0.15) is 69.2 Å². The Morgan fingerprint density at radius 3 is 1.95 bits per heavy atom. The monoisotopic (exact) mass is 585 g/mol. The predicted molar refractivity (Wildman–Crippen MR) is 149 cm³/mol. The Morgan fingerprint density at radius 1 is 0.854 bits per heavy atom. The molecular formula is C30H37F6N3O2. The molecule has 0 aliphatic carbocycles. The van der Waals surface area contributed by atoms with Gasteiger partial charge in [-0.2, -0.15) is 26.3 Å². The Hall–Kier alpha value is -3.50. The molecule has 1 fully saturated rings. The number of para-hydroxylation sites is 1. The molecular weight excluding hydrogens is 548 g/mol. The second kappa shape index (κ2) is 14.9. The van der Waals surface area contributed by atoms with Crippen molar-refractivity contribution in [3.05, 3.63) is 70.8 Å². The van der Waals surface area contributed by atoms with Gasteiger partial charge < -0.3 is 9.64 Å². The number of pyridine rings is 1. The van der Waals surface area contributed by atoms with Gasteiger partial charge in [0.25, 0.3) is 0 Å². The van der Waals surface area contributed by atoms with Crippen molar-refractivity contribution in [3.8, 4) is 0 Å². The number of fused-ring (bicyclic) bond motifs is 1. The van der Waals surface area contributed by atoms with E-state index < -0.39 is 36.1 Å². The van der Waals surface area contributed by atoms with Gasteiger partial charge in [0.15, 0.2) is 0 Å². The Morgan fingerprint density at radius 2 is 1.41 bits per heavy atom. The third kappa shape index (κ3) is 8.99. The van der Waals surface area contributed by atoms with Gasteiger partial charge in [0, 0.05) is 30.6 Å². The third-order valence-electron chi connectivity index (χ3n) is 6.25. The largest absolute Gasteiger partial charge is 0.453 e. The number of carbonyl (C=O) groups excluding carboxylic acids is 1. The number of halogens is 6. The number of alkyl halides is 6. The first-order valence-corrected chi connectivity index (χ1v) is 13.7. The first-order valence-electron chi connectivity index (χ1n) is 13.7. The van der Waals surface area contributed by atoms with Crippen molar-refractivity contribution in [1.29, 1.82) is 0 Å². The summed E-state index contributed by atoms with van der Waals surface area (Å²) in [6, 6.07) is 10.5. The molecule has 2 heterocycles. The quantitative estimate of drug-likeness (QED) is 0.280. The maximum Gasteiger partial charge on any atom is 0.416 e. The Labute approximate surface area is 237 Å². The van der Waals surface area contributed by atoms with Crippen LogP contribution in [0.2, 0.25) is 0 Å². The lowest BCUT2D eigenvalue weighted by Crippen LogP contribution is -2.34. The number of ether oxygens (including phenoxy) is 1. The van der Waals surface area contributed by atoms with E-state index in [0.717, 1.165) is 55.3 Å². The molecule has 1 saturated heterocycles. The number of amides is 1. The van der Waals surface area contributed by atoms with Gasteiger partial charge in [-0.25, -0.2) is 9.78 Å². The summed E-state index contributed by atoms with van der Waals surface area (Å²) in [5.41, 5.74) is -1.84. The van der Waals surface area contributed by atoms with Gasteiger partial charge in [0.05, 0.1) is 30.3 Å². The van der Waals surface area contributed by atoms with Crippen LogP contribution >= 0.6 is 0 Å². The van der Waals surface area contributed by atoms with Crippen LogP contribution in [0, 0.1) is 0 Å². The van der Waals surface area contributed by atoms with Crippen molar-refractivity contribution < 1.29 is 35.9 Å². The summed E-state index contributed by atoms with van der Waals surface area (Å²) in [4.78, 5) is 20.6. The molecule has 4 rings (SSSR count). The maximum absolute atomic E-state index is 13.4. The van der Waals surface area contributed by atoms with E-state index >= 15 is 0 Å². The molecule has 11 heteroatoms. The van der Waals surface area contributed by atoms with Gasteiger partial charge in [0.1, 0.15) is 5.82 Å². The molecule has 2 aromatic carbocycles. The average molecular weight is 586 g/mol. The minimum Gasteiger partial charge on any atom is -0.453 e.